The van der Waals surface area contributed by atoms with E-state index in [4.69, 9.17) is 9.47 Å². The first-order valence-corrected chi connectivity index (χ1v) is 11.0. The van der Waals surface area contributed by atoms with Gasteiger partial charge in [0.2, 0.25) is 5.88 Å². The van der Waals surface area contributed by atoms with Crippen LogP contribution in [0.3, 0.4) is 0 Å². The molecule has 0 radical (unpaired) electrons. The third-order valence-corrected chi connectivity index (χ3v) is 5.65. The molecule has 0 atom stereocenters. The maximum absolute atomic E-state index is 12.5. The van der Waals surface area contributed by atoms with Crippen LogP contribution in [0.25, 0.3) is 0 Å². The highest BCUT2D eigenvalue weighted by Crippen LogP contribution is 2.23. The molecule has 0 saturated carbocycles. The van der Waals surface area contributed by atoms with E-state index in [2.05, 4.69) is 15.0 Å². The van der Waals surface area contributed by atoms with Crippen LogP contribution in [0.1, 0.15) is 15.9 Å². The first-order valence-electron chi connectivity index (χ1n) is 9.48. The summed E-state index contributed by atoms with van der Waals surface area (Å²) in [5.74, 6) is 0.533. The molecular formula is C22H23N3O5S. The van der Waals surface area contributed by atoms with E-state index in [0.29, 0.717) is 36.0 Å². The van der Waals surface area contributed by atoms with Gasteiger partial charge < -0.3 is 14.8 Å². The molecule has 3 aromatic rings. The van der Waals surface area contributed by atoms with Crippen molar-refractivity contribution in [3.63, 3.8) is 0 Å². The minimum Gasteiger partial charge on any atom is -0.439 e. The van der Waals surface area contributed by atoms with Gasteiger partial charge in [0.05, 0.1) is 17.1 Å². The second-order valence-corrected chi connectivity index (χ2v) is 8.36. The molecule has 0 bridgehead atoms. The standard InChI is InChI=1S/C22H23N3O5S/c1-16-3-10-20(11-4-16)31(27,28)25-18-6-8-19(9-7-18)30-21-12-5-17(15-24-21)22(26)23-13-14-29-2/h3-12,15,25H,13-14H2,1-2H3,(H,23,26). The van der Waals surface area contributed by atoms with Crippen LogP contribution in [-0.2, 0) is 14.8 Å². The van der Waals surface area contributed by atoms with Gasteiger partial charge in [-0.15, -0.1) is 0 Å². The van der Waals surface area contributed by atoms with Crippen LogP contribution in [0.4, 0.5) is 5.69 Å². The van der Waals surface area contributed by atoms with Crippen molar-refractivity contribution in [1.29, 1.82) is 0 Å². The molecule has 1 amide bonds. The van der Waals surface area contributed by atoms with Gasteiger partial charge in [0.25, 0.3) is 15.9 Å². The van der Waals surface area contributed by atoms with Crippen molar-refractivity contribution in [2.24, 2.45) is 0 Å². The molecule has 2 N–H and O–H groups in total. The summed E-state index contributed by atoms with van der Waals surface area (Å²) >= 11 is 0. The lowest BCUT2D eigenvalue weighted by Gasteiger charge is -2.10. The fourth-order valence-corrected chi connectivity index (χ4v) is 3.65. The number of anilines is 1. The molecule has 3 rings (SSSR count). The van der Waals surface area contributed by atoms with E-state index in [-0.39, 0.29) is 10.8 Å². The van der Waals surface area contributed by atoms with E-state index in [1.54, 1.807) is 67.8 Å². The third kappa shape index (κ3) is 6.27. The number of hydrogen-bond acceptors (Lipinski definition) is 6. The van der Waals surface area contributed by atoms with Gasteiger partial charge in [-0.1, -0.05) is 17.7 Å². The summed E-state index contributed by atoms with van der Waals surface area (Å²) in [6.07, 6.45) is 1.42. The minimum atomic E-state index is -3.67. The lowest BCUT2D eigenvalue weighted by Crippen LogP contribution is -2.26. The maximum atomic E-state index is 12.5. The second kappa shape index (κ2) is 10.1. The Morgan fingerprint density at radius 1 is 1.00 bits per heavy atom. The SMILES string of the molecule is COCCNC(=O)c1ccc(Oc2ccc(NS(=O)(=O)c3ccc(C)cc3)cc2)nc1. The smallest absolute Gasteiger partial charge is 0.261 e. The average molecular weight is 442 g/mol. The highest BCUT2D eigenvalue weighted by Gasteiger charge is 2.14. The quantitative estimate of drug-likeness (QED) is 0.493. The van der Waals surface area contributed by atoms with Gasteiger partial charge in [0.1, 0.15) is 5.75 Å². The molecular weight excluding hydrogens is 418 g/mol. The Kier molecular flexibility index (Phi) is 7.22. The van der Waals surface area contributed by atoms with Gasteiger partial charge in [-0.3, -0.25) is 9.52 Å². The molecule has 0 fully saturated rings. The lowest BCUT2D eigenvalue weighted by molar-refractivity contribution is 0.0936. The zero-order valence-electron chi connectivity index (χ0n) is 17.2. The molecule has 31 heavy (non-hydrogen) atoms. The fraction of sp³-hybridized carbons (Fsp3) is 0.182. The van der Waals surface area contributed by atoms with Crippen molar-refractivity contribution < 1.29 is 22.7 Å². The van der Waals surface area contributed by atoms with Crippen LogP contribution >= 0.6 is 0 Å². The van der Waals surface area contributed by atoms with Crippen molar-refractivity contribution in [1.82, 2.24) is 10.3 Å². The number of pyridine rings is 1. The zero-order chi connectivity index (χ0) is 22.3. The third-order valence-electron chi connectivity index (χ3n) is 4.25. The molecule has 162 valence electrons. The highest BCUT2D eigenvalue weighted by atomic mass is 32.2. The number of aromatic nitrogens is 1. The highest BCUT2D eigenvalue weighted by molar-refractivity contribution is 7.92. The van der Waals surface area contributed by atoms with Gasteiger partial charge in [-0.05, 0) is 49.4 Å². The second-order valence-electron chi connectivity index (χ2n) is 6.68. The first-order chi connectivity index (χ1) is 14.9. The Labute approximate surface area is 181 Å². The molecule has 1 aromatic heterocycles. The van der Waals surface area contributed by atoms with E-state index in [1.807, 2.05) is 6.92 Å². The number of benzene rings is 2. The molecule has 2 aromatic carbocycles. The molecule has 0 aliphatic heterocycles. The van der Waals surface area contributed by atoms with E-state index < -0.39 is 10.0 Å². The number of nitrogens with one attached hydrogen (secondary N) is 2. The van der Waals surface area contributed by atoms with Crippen molar-refractivity contribution in [2.45, 2.75) is 11.8 Å². The Bertz CT molecular complexity index is 1110. The number of methoxy groups -OCH3 is 1. The number of sulfonamides is 1. The van der Waals surface area contributed by atoms with Crippen LogP contribution in [0.15, 0.2) is 71.8 Å². The molecule has 9 heteroatoms. The molecule has 1 heterocycles. The number of ether oxygens (including phenoxy) is 2. The summed E-state index contributed by atoms with van der Waals surface area (Å²) in [5, 5.41) is 2.71. The van der Waals surface area contributed by atoms with Crippen molar-refractivity contribution in [2.75, 3.05) is 25.0 Å². The summed E-state index contributed by atoms with van der Waals surface area (Å²) in [5.41, 5.74) is 1.79. The lowest BCUT2D eigenvalue weighted by atomic mass is 10.2. The predicted octanol–water partition coefficient (Wildman–Crippen LogP) is 3.36. The summed E-state index contributed by atoms with van der Waals surface area (Å²) in [7, 11) is -2.11. The van der Waals surface area contributed by atoms with Gasteiger partial charge in [-0.25, -0.2) is 13.4 Å². The van der Waals surface area contributed by atoms with Gasteiger partial charge in [0, 0.05) is 31.6 Å². The van der Waals surface area contributed by atoms with Crippen LogP contribution < -0.4 is 14.8 Å². The summed E-state index contributed by atoms with van der Waals surface area (Å²) in [6, 6.07) is 16.2. The Balaban J connectivity index is 1.60. The molecule has 0 unspecified atom stereocenters. The van der Waals surface area contributed by atoms with Gasteiger partial charge >= 0.3 is 0 Å². The summed E-state index contributed by atoms with van der Waals surface area (Å²) in [4.78, 5) is 16.3. The number of hydrogen-bond donors (Lipinski definition) is 2. The summed E-state index contributed by atoms with van der Waals surface area (Å²) in [6.45, 7) is 2.73. The van der Waals surface area contributed by atoms with Crippen LogP contribution in [0, 0.1) is 6.92 Å². The molecule has 0 aliphatic carbocycles. The number of amides is 1. The topological polar surface area (TPSA) is 107 Å². The zero-order valence-corrected chi connectivity index (χ0v) is 18.0. The van der Waals surface area contributed by atoms with E-state index in [9.17, 15) is 13.2 Å². The average Bonchev–Trinajstić information content (AvgIpc) is 2.76. The molecule has 0 aliphatic rings. The maximum Gasteiger partial charge on any atom is 0.261 e. The van der Waals surface area contributed by atoms with Crippen molar-refractivity contribution >= 4 is 21.6 Å². The Morgan fingerprint density at radius 2 is 1.71 bits per heavy atom. The number of carbonyl (C=O) groups excluding carboxylic acids is 1. The fourth-order valence-electron chi connectivity index (χ4n) is 2.59. The first kappa shape index (κ1) is 22.3. The van der Waals surface area contributed by atoms with E-state index in [0.717, 1.165) is 5.56 Å². The van der Waals surface area contributed by atoms with Crippen molar-refractivity contribution in [3.05, 3.63) is 78.0 Å². The minimum absolute atomic E-state index is 0.189. The molecule has 8 nitrogen and oxygen atoms in total. The number of carbonyl (C=O) groups is 1. The van der Waals surface area contributed by atoms with Crippen molar-refractivity contribution in [3.8, 4) is 11.6 Å². The Morgan fingerprint density at radius 3 is 2.32 bits per heavy atom. The van der Waals surface area contributed by atoms with Crippen LogP contribution in [-0.4, -0.2) is 39.6 Å². The predicted molar refractivity (Wildman–Crippen MR) is 117 cm³/mol. The van der Waals surface area contributed by atoms with Crippen LogP contribution in [0.5, 0.6) is 11.6 Å². The monoisotopic (exact) mass is 441 g/mol. The molecule has 0 spiro atoms. The number of nitrogens with zero attached hydrogens (tertiary/aromatic N) is 1. The van der Waals surface area contributed by atoms with E-state index >= 15 is 0 Å². The molecule has 0 saturated heterocycles. The largest absolute Gasteiger partial charge is 0.439 e. The van der Waals surface area contributed by atoms with E-state index in [1.165, 1.54) is 6.20 Å². The number of aryl methyl sites for hydroxylation is 1. The van der Waals surface area contributed by atoms with Gasteiger partial charge in [-0.2, -0.15) is 0 Å². The van der Waals surface area contributed by atoms with Crippen LogP contribution in [0.2, 0.25) is 0 Å². The summed E-state index contributed by atoms with van der Waals surface area (Å²) < 4.78 is 38.0. The van der Waals surface area contributed by atoms with Gasteiger partial charge in [0.15, 0.2) is 0 Å². The Hall–Kier alpha value is -3.43. The normalized spacial score (nSPS) is 11.0. The number of rotatable bonds is 9.